The first kappa shape index (κ1) is 18.7. The average Bonchev–Trinajstić information content (AvgIpc) is 3.29. The maximum absolute atomic E-state index is 13.3. The molecule has 4 amide bonds. The Kier molecular flexibility index (Phi) is 4.93. The minimum atomic E-state index is -1.03. The van der Waals surface area contributed by atoms with Crippen molar-refractivity contribution in [2.75, 3.05) is 13.1 Å². The summed E-state index contributed by atoms with van der Waals surface area (Å²) in [5.41, 5.74) is 0.917. The number of aryl methyl sites for hydroxylation is 1. The fourth-order valence-corrected chi connectivity index (χ4v) is 4.88. The van der Waals surface area contributed by atoms with Gasteiger partial charge in [-0.15, -0.1) is 11.3 Å². The number of benzene rings is 1. The van der Waals surface area contributed by atoms with E-state index in [2.05, 4.69) is 5.32 Å². The Morgan fingerprint density at radius 2 is 2.07 bits per heavy atom. The van der Waals surface area contributed by atoms with E-state index in [0.29, 0.717) is 19.5 Å². The van der Waals surface area contributed by atoms with E-state index in [4.69, 9.17) is 0 Å². The normalized spacial score (nSPS) is 21.0. The summed E-state index contributed by atoms with van der Waals surface area (Å²) >= 11 is 1.58. The number of imide groups is 1. The zero-order valence-electron chi connectivity index (χ0n) is 15.8. The van der Waals surface area contributed by atoms with E-state index in [1.54, 1.807) is 16.2 Å². The smallest absolute Gasteiger partial charge is 0.325 e. The second-order valence-corrected chi connectivity index (χ2v) is 8.26. The number of rotatable bonds is 5. The predicted molar refractivity (Wildman–Crippen MR) is 107 cm³/mol. The Hall–Kier alpha value is -2.67. The van der Waals surface area contributed by atoms with Crippen LogP contribution in [0.4, 0.5) is 4.79 Å². The summed E-state index contributed by atoms with van der Waals surface area (Å²) in [5.74, 6) is -0.536. The van der Waals surface area contributed by atoms with Gasteiger partial charge in [-0.3, -0.25) is 14.5 Å². The van der Waals surface area contributed by atoms with Gasteiger partial charge in [0.1, 0.15) is 12.1 Å². The standard InChI is InChI=1S/C21H23N3O3S/c1-2-23(13-16-9-6-12-28-16)18(25)14-24-19(26)21(22-20(24)27)11-5-8-15-7-3-4-10-17(15)21/h3-4,6-7,9-10,12H,2,5,8,11,13-14H2,1H3,(H,22,27)/t21-/m1/s1. The third-order valence-electron chi connectivity index (χ3n) is 5.61. The molecular weight excluding hydrogens is 374 g/mol. The topological polar surface area (TPSA) is 69.7 Å². The second-order valence-electron chi connectivity index (χ2n) is 7.22. The van der Waals surface area contributed by atoms with Crippen molar-refractivity contribution in [1.29, 1.82) is 0 Å². The Morgan fingerprint density at radius 3 is 2.82 bits per heavy atom. The van der Waals surface area contributed by atoms with E-state index in [-0.39, 0.29) is 18.4 Å². The molecule has 7 heteroatoms. The van der Waals surface area contributed by atoms with E-state index >= 15 is 0 Å². The Balaban J connectivity index is 1.54. The van der Waals surface area contributed by atoms with Crippen LogP contribution < -0.4 is 5.32 Å². The highest BCUT2D eigenvalue weighted by Gasteiger charge is 2.54. The molecule has 6 nitrogen and oxygen atoms in total. The van der Waals surface area contributed by atoms with Gasteiger partial charge in [-0.25, -0.2) is 4.79 Å². The van der Waals surface area contributed by atoms with Gasteiger partial charge in [0.25, 0.3) is 5.91 Å². The highest BCUT2D eigenvalue weighted by molar-refractivity contribution is 7.09. The van der Waals surface area contributed by atoms with Crippen LogP contribution >= 0.6 is 11.3 Å². The van der Waals surface area contributed by atoms with Gasteiger partial charge in [0, 0.05) is 11.4 Å². The van der Waals surface area contributed by atoms with Crippen LogP contribution in [0.2, 0.25) is 0 Å². The quantitative estimate of drug-likeness (QED) is 0.789. The first-order valence-electron chi connectivity index (χ1n) is 9.58. The first-order chi connectivity index (χ1) is 13.5. The van der Waals surface area contributed by atoms with Crippen molar-refractivity contribution in [3.05, 3.63) is 57.8 Å². The number of hydrogen-bond donors (Lipinski definition) is 1. The highest BCUT2D eigenvalue weighted by Crippen LogP contribution is 2.39. The molecule has 0 bridgehead atoms. The minimum Gasteiger partial charge on any atom is -0.336 e. The molecule has 1 spiro atoms. The zero-order valence-corrected chi connectivity index (χ0v) is 16.6. The zero-order chi connectivity index (χ0) is 19.7. The number of hydrogen-bond acceptors (Lipinski definition) is 4. The van der Waals surface area contributed by atoms with E-state index in [0.717, 1.165) is 33.7 Å². The van der Waals surface area contributed by atoms with Gasteiger partial charge in [-0.1, -0.05) is 30.3 Å². The van der Waals surface area contributed by atoms with Gasteiger partial charge in [-0.05, 0) is 48.8 Å². The van der Waals surface area contributed by atoms with Crippen LogP contribution in [0, 0.1) is 0 Å². The molecule has 1 aromatic heterocycles. The molecule has 2 aromatic rings. The number of amides is 4. The molecule has 1 aromatic carbocycles. The number of urea groups is 1. The number of nitrogens with zero attached hydrogens (tertiary/aromatic N) is 2. The fraction of sp³-hybridized carbons (Fsp3) is 0.381. The number of fused-ring (bicyclic) bond motifs is 2. The first-order valence-corrected chi connectivity index (χ1v) is 10.5. The number of thiophene rings is 1. The molecule has 0 unspecified atom stereocenters. The molecule has 1 fully saturated rings. The lowest BCUT2D eigenvalue weighted by Crippen LogP contribution is -2.47. The molecule has 1 aliphatic heterocycles. The summed E-state index contributed by atoms with van der Waals surface area (Å²) in [6.45, 7) is 2.68. The monoisotopic (exact) mass is 397 g/mol. The van der Waals surface area contributed by atoms with Crippen molar-refractivity contribution < 1.29 is 14.4 Å². The Bertz CT molecular complexity index is 911. The Labute approximate surface area is 168 Å². The second kappa shape index (κ2) is 7.39. The van der Waals surface area contributed by atoms with Crippen molar-refractivity contribution in [2.24, 2.45) is 0 Å². The molecular formula is C21H23N3O3S. The lowest BCUT2D eigenvalue weighted by atomic mass is 9.76. The molecule has 0 radical (unpaired) electrons. The van der Waals surface area contributed by atoms with Crippen molar-refractivity contribution in [1.82, 2.24) is 15.1 Å². The van der Waals surface area contributed by atoms with Crippen LogP contribution in [-0.2, 0) is 28.1 Å². The van der Waals surface area contributed by atoms with Crippen LogP contribution in [0.15, 0.2) is 41.8 Å². The highest BCUT2D eigenvalue weighted by atomic mass is 32.1. The van der Waals surface area contributed by atoms with Crippen molar-refractivity contribution in [3.8, 4) is 0 Å². The molecule has 146 valence electrons. The maximum atomic E-state index is 13.3. The van der Waals surface area contributed by atoms with Crippen molar-refractivity contribution in [2.45, 2.75) is 38.3 Å². The summed E-state index contributed by atoms with van der Waals surface area (Å²) in [6, 6.07) is 11.2. The fourth-order valence-electron chi connectivity index (χ4n) is 4.16. The van der Waals surface area contributed by atoms with Crippen molar-refractivity contribution >= 4 is 29.2 Å². The maximum Gasteiger partial charge on any atom is 0.325 e. The lowest BCUT2D eigenvalue weighted by molar-refractivity contribution is -0.139. The molecule has 28 heavy (non-hydrogen) atoms. The third kappa shape index (κ3) is 3.09. The minimum absolute atomic E-state index is 0.222. The average molecular weight is 398 g/mol. The van der Waals surface area contributed by atoms with E-state index in [1.165, 1.54) is 0 Å². The molecule has 4 rings (SSSR count). The largest absolute Gasteiger partial charge is 0.336 e. The molecule has 0 saturated carbocycles. The van der Waals surface area contributed by atoms with Gasteiger partial charge >= 0.3 is 6.03 Å². The SMILES string of the molecule is CCN(Cc1cccs1)C(=O)CN1C(=O)N[C@@]2(CCCc3ccccc32)C1=O. The molecule has 1 N–H and O–H groups in total. The summed E-state index contributed by atoms with van der Waals surface area (Å²) in [5, 5.41) is 4.87. The van der Waals surface area contributed by atoms with Gasteiger partial charge in [0.2, 0.25) is 5.91 Å². The summed E-state index contributed by atoms with van der Waals surface area (Å²) in [4.78, 5) is 42.6. The van der Waals surface area contributed by atoms with Gasteiger partial charge in [0.15, 0.2) is 0 Å². The summed E-state index contributed by atoms with van der Waals surface area (Å²) < 4.78 is 0. The van der Waals surface area contributed by atoms with Crippen LogP contribution in [0.1, 0.15) is 35.8 Å². The molecule has 1 saturated heterocycles. The molecule has 2 aliphatic rings. The van der Waals surface area contributed by atoms with Gasteiger partial charge < -0.3 is 10.2 Å². The summed E-state index contributed by atoms with van der Waals surface area (Å²) in [6.07, 6.45) is 2.28. The molecule has 1 aliphatic carbocycles. The number of likely N-dealkylation sites (N-methyl/N-ethyl adjacent to an activating group) is 1. The third-order valence-corrected chi connectivity index (χ3v) is 6.47. The van der Waals surface area contributed by atoms with Crippen molar-refractivity contribution in [3.63, 3.8) is 0 Å². The van der Waals surface area contributed by atoms with E-state index < -0.39 is 11.6 Å². The number of carbonyl (C=O) groups excluding carboxylic acids is 3. The van der Waals surface area contributed by atoms with Gasteiger partial charge in [0.05, 0.1) is 6.54 Å². The molecule has 1 atom stereocenters. The predicted octanol–water partition coefficient (Wildman–Crippen LogP) is 2.88. The van der Waals surface area contributed by atoms with E-state index in [9.17, 15) is 14.4 Å². The van der Waals surface area contributed by atoms with Crippen LogP contribution in [-0.4, -0.2) is 40.7 Å². The lowest BCUT2D eigenvalue weighted by Gasteiger charge is -2.33. The van der Waals surface area contributed by atoms with Gasteiger partial charge in [-0.2, -0.15) is 0 Å². The molecule has 2 heterocycles. The number of nitrogens with one attached hydrogen (secondary N) is 1. The van der Waals surface area contributed by atoms with Crippen LogP contribution in [0.5, 0.6) is 0 Å². The van der Waals surface area contributed by atoms with E-state index in [1.807, 2.05) is 48.7 Å². The van der Waals surface area contributed by atoms with Crippen LogP contribution in [0.3, 0.4) is 0 Å². The van der Waals surface area contributed by atoms with Crippen LogP contribution in [0.25, 0.3) is 0 Å². The Morgan fingerprint density at radius 1 is 1.25 bits per heavy atom. The summed E-state index contributed by atoms with van der Waals surface area (Å²) in [7, 11) is 0. The number of carbonyl (C=O) groups is 3.